The van der Waals surface area contributed by atoms with Gasteiger partial charge in [-0.15, -0.1) is 0 Å². The lowest BCUT2D eigenvalue weighted by atomic mass is 10.1. The van der Waals surface area contributed by atoms with E-state index in [1.165, 1.54) is 18.6 Å². The number of benzene rings is 1. The number of nitrogens with zero attached hydrogens (tertiary/aromatic N) is 2. The van der Waals surface area contributed by atoms with Crippen LogP contribution >= 0.6 is 11.6 Å². The van der Waals surface area contributed by atoms with Crippen molar-refractivity contribution >= 4 is 28.9 Å². The van der Waals surface area contributed by atoms with Gasteiger partial charge in [-0.2, -0.15) is 0 Å². The number of rotatable bonds is 4. The molecule has 1 fully saturated rings. The van der Waals surface area contributed by atoms with Crippen LogP contribution in [-0.4, -0.2) is 35.4 Å². The molecule has 1 aromatic rings. The van der Waals surface area contributed by atoms with Crippen LogP contribution in [0.2, 0.25) is 5.02 Å². The van der Waals surface area contributed by atoms with Crippen LogP contribution in [0.15, 0.2) is 12.1 Å². The molecule has 1 N–H and O–H groups in total. The van der Waals surface area contributed by atoms with Crippen LogP contribution in [0.4, 0.5) is 11.4 Å². The zero-order chi connectivity index (χ0) is 15.4. The van der Waals surface area contributed by atoms with Crippen molar-refractivity contribution in [2.24, 2.45) is 0 Å². The Morgan fingerprint density at radius 2 is 2.05 bits per heavy atom. The molecular formula is C14H18ClN3O3. The highest BCUT2D eigenvalue weighted by Gasteiger charge is 2.18. The molecule has 1 saturated heterocycles. The molecule has 0 radical (unpaired) electrons. The van der Waals surface area contributed by atoms with Crippen molar-refractivity contribution in [3.8, 4) is 0 Å². The minimum Gasteiger partial charge on any atom is -0.376 e. The fraction of sp³-hybridized carbons (Fsp3) is 0.500. The second-order valence-corrected chi connectivity index (χ2v) is 5.58. The standard InChI is InChI=1S/C14H18ClN3O3/c1-10-7-13(18(20)21)11(15)8-12(10)16-9-14(19)17-5-3-2-4-6-17/h7-8,16H,2-6,9H2,1H3. The molecule has 0 bridgehead atoms. The van der Waals surface area contributed by atoms with Crippen LogP contribution in [0.5, 0.6) is 0 Å². The van der Waals surface area contributed by atoms with Gasteiger partial charge in [0.05, 0.1) is 11.5 Å². The maximum Gasteiger partial charge on any atom is 0.288 e. The molecule has 6 nitrogen and oxygen atoms in total. The average molecular weight is 312 g/mol. The van der Waals surface area contributed by atoms with Gasteiger partial charge in [-0.25, -0.2) is 0 Å². The summed E-state index contributed by atoms with van der Waals surface area (Å²) < 4.78 is 0. The number of nitrogens with one attached hydrogen (secondary N) is 1. The zero-order valence-electron chi connectivity index (χ0n) is 11.9. The van der Waals surface area contributed by atoms with E-state index < -0.39 is 4.92 Å². The zero-order valence-corrected chi connectivity index (χ0v) is 12.7. The largest absolute Gasteiger partial charge is 0.376 e. The number of likely N-dealkylation sites (tertiary alicyclic amines) is 1. The van der Waals surface area contributed by atoms with Crippen molar-refractivity contribution in [3.63, 3.8) is 0 Å². The molecule has 21 heavy (non-hydrogen) atoms. The van der Waals surface area contributed by atoms with Crippen LogP contribution in [0.3, 0.4) is 0 Å². The third-order valence-corrected chi connectivity index (χ3v) is 3.93. The van der Waals surface area contributed by atoms with E-state index in [1.54, 1.807) is 6.92 Å². The Morgan fingerprint density at radius 3 is 2.67 bits per heavy atom. The van der Waals surface area contributed by atoms with Gasteiger partial charge in [-0.3, -0.25) is 14.9 Å². The molecule has 0 aliphatic carbocycles. The summed E-state index contributed by atoms with van der Waals surface area (Å²) in [4.78, 5) is 24.2. The van der Waals surface area contributed by atoms with Gasteiger partial charge in [-0.05, 0) is 37.8 Å². The van der Waals surface area contributed by atoms with Crippen LogP contribution in [0.25, 0.3) is 0 Å². The van der Waals surface area contributed by atoms with Gasteiger partial charge in [0.25, 0.3) is 5.69 Å². The van der Waals surface area contributed by atoms with E-state index in [-0.39, 0.29) is 23.2 Å². The summed E-state index contributed by atoms with van der Waals surface area (Å²) in [7, 11) is 0. The maximum atomic E-state index is 12.1. The summed E-state index contributed by atoms with van der Waals surface area (Å²) in [6.45, 7) is 3.53. The Labute approximate surface area is 128 Å². The highest BCUT2D eigenvalue weighted by atomic mass is 35.5. The Hall–Kier alpha value is -1.82. The van der Waals surface area contributed by atoms with Gasteiger partial charge in [0.2, 0.25) is 5.91 Å². The molecule has 0 unspecified atom stereocenters. The van der Waals surface area contributed by atoms with Crippen LogP contribution in [0.1, 0.15) is 24.8 Å². The van der Waals surface area contributed by atoms with Crippen LogP contribution < -0.4 is 5.32 Å². The number of carbonyl (C=O) groups excluding carboxylic acids is 1. The van der Waals surface area contributed by atoms with Gasteiger partial charge in [0, 0.05) is 24.8 Å². The molecule has 2 rings (SSSR count). The second-order valence-electron chi connectivity index (χ2n) is 5.17. The van der Waals surface area contributed by atoms with Gasteiger partial charge in [0.15, 0.2) is 0 Å². The number of hydrogen-bond donors (Lipinski definition) is 1. The first-order valence-corrected chi connectivity index (χ1v) is 7.33. The first-order chi connectivity index (χ1) is 9.99. The molecule has 1 amide bonds. The van der Waals surface area contributed by atoms with Crippen molar-refractivity contribution in [1.82, 2.24) is 4.90 Å². The molecule has 1 aliphatic heterocycles. The summed E-state index contributed by atoms with van der Waals surface area (Å²) in [5, 5.41) is 13.9. The Kier molecular flexibility index (Phi) is 5.01. The molecule has 7 heteroatoms. The minimum atomic E-state index is -0.516. The normalized spacial score (nSPS) is 14.9. The third kappa shape index (κ3) is 3.85. The summed E-state index contributed by atoms with van der Waals surface area (Å²) in [6.07, 6.45) is 3.27. The lowest BCUT2D eigenvalue weighted by Gasteiger charge is -2.27. The Balaban J connectivity index is 2.01. The predicted molar refractivity (Wildman–Crippen MR) is 81.8 cm³/mol. The van der Waals surface area contributed by atoms with Gasteiger partial charge in [-0.1, -0.05) is 11.6 Å². The molecule has 1 heterocycles. The van der Waals surface area contributed by atoms with Gasteiger partial charge >= 0.3 is 0 Å². The first-order valence-electron chi connectivity index (χ1n) is 6.95. The molecule has 0 aromatic heterocycles. The molecule has 1 aromatic carbocycles. The lowest BCUT2D eigenvalue weighted by Crippen LogP contribution is -2.39. The SMILES string of the molecule is Cc1cc([N+](=O)[O-])c(Cl)cc1NCC(=O)N1CCCCC1. The highest BCUT2D eigenvalue weighted by Crippen LogP contribution is 2.30. The Morgan fingerprint density at radius 1 is 1.38 bits per heavy atom. The minimum absolute atomic E-state index is 0.0450. The number of carbonyl (C=O) groups is 1. The summed E-state index contributed by atoms with van der Waals surface area (Å²) in [5.74, 6) is 0.0450. The van der Waals surface area contributed by atoms with Crippen molar-refractivity contribution in [2.75, 3.05) is 25.0 Å². The number of nitro groups is 1. The topological polar surface area (TPSA) is 75.5 Å². The number of nitro benzene ring substituents is 1. The molecule has 114 valence electrons. The van der Waals surface area contributed by atoms with Crippen molar-refractivity contribution in [1.29, 1.82) is 0 Å². The Bertz CT molecular complexity index is 557. The van der Waals surface area contributed by atoms with Crippen LogP contribution in [-0.2, 0) is 4.79 Å². The number of piperidine rings is 1. The van der Waals surface area contributed by atoms with Crippen molar-refractivity contribution in [3.05, 3.63) is 32.8 Å². The fourth-order valence-electron chi connectivity index (χ4n) is 2.42. The number of anilines is 1. The van der Waals surface area contributed by atoms with E-state index in [4.69, 9.17) is 11.6 Å². The molecular weight excluding hydrogens is 294 g/mol. The van der Waals surface area contributed by atoms with Gasteiger partial charge in [0.1, 0.15) is 5.02 Å². The van der Waals surface area contributed by atoms with E-state index in [2.05, 4.69) is 5.32 Å². The number of aryl methyl sites for hydroxylation is 1. The number of amides is 1. The van der Waals surface area contributed by atoms with Crippen molar-refractivity contribution in [2.45, 2.75) is 26.2 Å². The fourth-order valence-corrected chi connectivity index (χ4v) is 2.66. The van der Waals surface area contributed by atoms with Crippen molar-refractivity contribution < 1.29 is 9.72 Å². The lowest BCUT2D eigenvalue weighted by molar-refractivity contribution is -0.384. The first kappa shape index (κ1) is 15.6. The maximum absolute atomic E-state index is 12.1. The molecule has 0 spiro atoms. The van der Waals surface area contributed by atoms with Crippen LogP contribution in [0, 0.1) is 17.0 Å². The molecule has 0 saturated carbocycles. The molecule has 1 aliphatic rings. The van der Waals surface area contributed by atoms with E-state index in [0.29, 0.717) is 11.3 Å². The van der Waals surface area contributed by atoms with E-state index >= 15 is 0 Å². The monoisotopic (exact) mass is 311 g/mol. The number of halogens is 1. The van der Waals surface area contributed by atoms with E-state index in [1.807, 2.05) is 4.90 Å². The average Bonchev–Trinajstić information content (AvgIpc) is 2.48. The smallest absolute Gasteiger partial charge is 0.288 e. The second kappa shape index (κ2) is 6.76. The highest BCUT2D eigenvalue weighted by molar-refractivity contribution is 6.33. The summed E-state index contributed by atoms with van der Waals surface area (Å²) >= 11 is 5.88. The third-order valence-electron chi connectivity index (χ3n) is 3.63. The summed E-state index contributed by atoms with van der Waals surface area (Å²) in [6, 6.07) is 2.91. The number of hydrogen-bond acceptors (Lipinski definition) is 4. The summed E-state index contributed by atoms with van der Waals surface area (Å²) in [5.41, 5.74) is 1.22. The van der Waals surface area contributed by atoms with Gasteiger partial charge < -0.3 is 10.2 Å². The van der Waals surface area contributed by atoms with E-state index in [9.17, 15) is 14.9 Å². The quantitative estimate of drug-likeness (QED) is 0.685. The van der Waals surface area contributed by atoms with E-state index in [0.717, 1.165) is 25.9 Å². The predicted octanol–water partition coefficient (Wildman–Crippen LogP) is 2.98. The molecule has 0 atom stereocenters.